The van der Waals surface area contributed by atoms with Crippen LogP contribution in [0.5, 0.6) is 5.75 Å². The van der Waals surface area contributed by atoms with E-state index in [1.54, 1.807) is 4.90 Å². The van der Waals surface area contributed by atoms with E-state index < -0.39 is 6.10 Å². The molecule has 3 rings (SSSR count). The number of aryl methyl sites for hydroxylation is 2. The molecule has 2 aromatic carbocycles. The van der Waals surface area contributed by atoms with E-state index in [1.807, 2.05) is 57.2 Å². The summed E-state index contributed by atoms with van der Waals surface area (Å²) in [5, 5.41) is 3.02. The monoisotopic (exact) mass is 380 g/mol. The van der Waals surface area contributed by atoms with E-state index in [2.05, 4.69) is 17.4 Å². The molecule has 1 heterocycles. The Kier molecular flexibility index (Phi) is 6.34. The van der Waals surface area contributed by atoms with Gasteiger partial charge < -0.3 is 10.1 Å². The second-order valence-corrected chi connectivity index (χ2v) is 7.40. The summed E-state index contributed by atoms with van der Waals surface area (Å²) in [5.41, 5.74) is 2.94. The van der Waals surface area contributed by atoms with Crippen LogP contribution in [0.25, 0.3) is 0 Å². The lowest BCUT2D eigenvalue weighted by Gasteiger charge is -2.34. The van der Waals surface area contributed by atoms with Gasteiger partial charge in [-0.3, -0.25) is 14.5 Å². The molecule has 5 heteroatoms. The Morgan fingerprint density at radius 3 is 2.68 bits per heavy atom. The Balaban J connectivity index is 1.63. The van der Waals surface area contributed by atoms with E-state index in [-0.39, 0.29) is 24.4 Å². The summed E-state index contributed by atoms with van der Waals surface area (Å²) in [4.78, 5) is 27.0. The van der Waals surface area contributed by atoms with Gasteiger partial charge in [0.05, 0.1) is 5.69 Å². The minimum absolute atomic E-state index is 0.00479. The van der Waals surface area contributed by atoms with Crippen molar-refractivity contribution in [1.29, 1.82) is 0 Å². The molecule has 1 N–H and O–H groups in total. The number of nitrogens with zero attached hydrogens (tertiary/aromatic N) is 1. The lowest BCUT2D eigenvalue weighted by molar-refractivity contribution is -0.129. The van der Waals surface area contributed by atoms with E-state index in [4.69, 9.17) is 4.74 Å². The van der Waals surface area contributed by atoms with Gasteiger partial charge in [-0.15, -0.1) is 0 Å². The molecule has 0 saturated carbocycles. The Bertz CT molecular complexity index is 835. The Morgan fingerprint density at radius 1 is 1.21 bits per heavy atom. The largest absolute Gasteiger partial charge is 0.478 e. The van der Waals surface area contributed by atoms with Crippen LogP contribution >= 0.6 is 0 Å². The van der Waals surface area contributed by atoms with Gasteiger partial charge in [0.25, 0.3) is 5.91 Å². The molecule has 0 unspecified atom stereocenters. The van der Waals surface area contributed by atoms with Crippen molar-refractivity contribution in [3.63, 3.8) is 0 Å². The average molecular weight is 380 g/mol. The summed E-state index contributed by atoms with van der Waals surface area (Å²) in [6, 6.07) is 16.0. The van der Waals surface area contributed by atoms with E-state index in [9.17, 15) is 9.59 Å². The summed E-state index contributed by atoms with van der Waals surface area (Å²) in [6.07, 6.45) is 1.77. The molecule has 0 spiro atoms. The number of nitrogens with one attached hydrogen (secondary N) is 1. The topological polar surface area (TPSA) is 58.6 Å². The molecule has 5 nitrogen and oxygen atoms in total. The van der Waals surface area contributed by atoms with Gasteiger partial charge >= 0.3 is 0 Å². The SMILES string of the molecule is CC[C@@H]1Oc2ccc(C)cc2N(CC(=O)N[C@@H](C)CCc2ccccc2)C1=O. The third-order valence-electron chi connectivity index (χ3n) is 5.00. The zero-order valence-electron chi connectivity index (χ0n) is 16.8. The van der Waals surface area contributed by atoms with E-state index in [0.717, 1.165) is 18.4 Å². The molecule has 1 aliphatic rings. The second-order valence-electron chi connectivity index (χ2n) is 7.40. The number of hydrogen-bond acceptors (Lipinski definition) is 3. The molecule has 28 heavy (non-hydrogen) atoms. The molecule has 2 amide bonds. The number of carbonyl (C=O) groups is 2. The zero-order valence-corrected chi connectivity index (χ0v) is 16.8. The first-order valence-corrected chi connectivity index (χ1v) is 9.90. The van der Waals surface area contributed by atoms with Crippen molar-refractivity contribution >= 4 is 17.5 Å². The predicted octanol–water partition coefficient (Wildman–Crippen LogP) is 3.64. The number of hydrogen-bond donors (Lipinski definition) is 1. The van der Waals surface area contributed by atoms with Crippen molar-refractivity contribution in [1.82, 2.24) is 5.32 Å². The van der Waals surface area contributed by atoms with Crippen LogP contribution in [-0.2, 0) is 16.0 Å². The fourth-order valence-corrected chi connectivity index (χ4v) is 3.42. The first-order valence-electron chi connectivity index (χ1n) is 9.90. The first-order chi connectivity index (χ1) is 13.5. The number of rotatable bonds is 7. The van der Waals surface area contributed by atoms with Crippen molar-refractivity contribution in [3.8, 4) is 5.75 Å². The summed E-state index contributed by atoms with van der Waals surface area (Å²) in [7, 11) is 0. The van der Waals surface area contributed by atoms with Crippen LogP contribution < -0.4 is 15.0 Å². The fourth-order valence-electron chi connectivity index (χ4n) is 3.42. The van der Waals surface area contributed by atoms with Gasteiger partial charge in [-0.1, -0.05) is 43.3 Å². The number of amides is 2. The highest BCUT2D eigenvalue weighted by atomic mass is 16.5. The molecule has 0 fully saturated rings. The third kappa shape index (κ3) is 4.71. The molecular weight excluding hydrogens is 352 g/mol. The normalized spacial score (nSPS) is 16.9. The highest BCUT2D eigenvalue weighted by Gasteiger charge is 2.34. The summed E-state index contributed by atoms with van der Waals surface area (Å²) < 4.78 is 5.81. The van der Waals surface area contributed by atoms with Crippen LogP contribution in [0.1, 0.15) is 37.8 Å². The van der Waals surface area contributed by atoms with E-state index >= 15 is 0 Å². The van der Waals surface area contributed by atoms with Gasteiger partial charge in [0.2, 0.25) is 5.91 Å². The van der Waals surface area contributed by atoms with Crippen molar-refractivity contribution < 1.29 is 14.3 Å². The van der Waals surface area contributed by atoms with Crippen LogP contribution in [0.2, 0.25) is 0 Å². The van der Waals surface area contributed by atoms with Crippen LogP contribution in [0.15, 0.2) is 48.5 Å². The molecular formula is C23H28N2O3. The van der Waals surface area contributed by atoms with Crippen LogP contribution in [-0.4, -0.2) is 30.5 Å². The lowest BCUT2D eigenvalue weighted by atomic mass is 10.1. The van der Waals surface area contributed by atoms with Gasteiger partial charge in [-0.25, -0.2) is 0 Å². The van der Waals surface area contributed by atoms with Gasteiger partial charge in [-0.05, 0) is 56.4 Å². The van der Waals surface area contributed by atoms with E-state index in [1.165, 1.54) is 5.56 Å². The fraction of sp³-hybridized carbons (Fsp3) is 0.391. The molecule has 0 aromatic heterocycles. The van der Waals surface area contributed by atoms with Crippen LogP contribution in [0, 0.1) is 6.92 Å². The van der Waals surface area contributed by atoms with Crippen LogP contribution in [0.4, 0.5) is 5.69 Å². The second kappa shape index (κ2) is 8.91. The summed E-state index contributed by atoms with van der Waals surface area (Å²) in [6.45, 7) is 5.87. The molecule has 0 radical (unpaired) electrons. The molecule has 1 aliphatic heterocycles. The summed E-state index contributed by atoms with van der Waals surface area (Å²) >= 11 is 0. The van der Waals surface area contributed by atoms with Crippen molar-refractivity contribution in [2.75, 3.05) is 11.4 Å². The molecule has 0 saturated heterocycles. The smallest absolute Gasteiger partial charge is 0.268 e. The van der Waals surface area contributed by atoms with Crippen molar-refractivity contribution in [3.05, 3.63) is 59.7 Å². The zero-order chi connectivity index (χ0) is 20.1. The number of ether oxygens (including phenoxy) is 1. The predicted molar refractivity (Wildman–Crippen MR) is 111 cm³/mol. The quantitative estimate of drug-likeness (QED) is 0.798. The molecule has 0 aliphatic carbocycles. The number of anilines is 1. The third-order valence-corrected chi connectivity index (χ3v) is 5.00. The van der Waals surface area contributed by atoms with Crippen LogP contribution in [0.3, 0.4) is 0 Å². The Labute approximate surface area is 166 Å². The summed E-state index contributed by atoms with van der Waals surface area (Å²) in [5.74, 6) is 0.341. The first kappa shape index (κ1) is 19.9. The molecule has 0 bridgehead atoms. The van der Waals surface area contributed by atoms with E-state index in [0.29, 0.717) is 17.9 Å². The Morgan fingerprint density at radius 2 is 1.96 bits per heavy atom. The van der Waals surface area contributed by atoms with Gasteiger partial charge in [0, 0.05) is 6.04 Å². The molecule has 2 atom stereocenters. The van der Waals surface area contributed by atoms with Crippen molar-refractivity contribution in [2.24, 2.45) is 0 Å². The van der Waals surface area contributed by atoms with Gasteiger partial charge in [0.15, 0.2) is 6.10 Å². The average Bonchev–Trinajstić information content (AvgIpc) is 2.69. The minimum atomic E-state index is -0.543. The number of fused-ring (bicyclic) bond motifs is 1. The maximum Gasteiger partial charge on any atom is 0.268 e. The maximum absolute atomic E-state index is 12.8. The van der Waals surface area contributed by atoms with Gasteiger partial charge in [-0.2, -0.15) is 0 Å². The Hall–Kier alpha value is -2.82. The highest BCUT2D eigenvalue weighted by Crippen LogP contribution is 2.35. The molecule has 148 valence electrons. The molecule has 2 aromatic rings. The minimum Gasteiger partial charge on any atom is -0.478 e. The number of carbonyl (C=O) groups excluding carboxylic acids is 2. The van der Waals surface area contributed by atoms with Crippen molar-refractivity contribution in [2.45, 2.75) is 52.2 Å². The lowest BCUT2D eigenvalue weighted by Crippen LogP contribution is -2.50. The highest BCUT2D eigenvalue weighted by molar-refractivity contribution is 6.03. The standard InChI is InChI=1S/C23H28N2O3/c1-4-20-23(27)25(19-14-16(2)10-13-21(19)28-20)15-22(26)24-17(3)11-12-18-8-6-5-7-9-18/h5-10,13-14,17,20H,4,11-12,15H2,1-3H3,(H,24,26)/t17-,20-/m0/s1. The number of benzene rings is 2. The maximum atomic E-state index is 12.8. The van der Waals surface area contributed by atoms with Gasteiger partial charge in [0.1, 0.15) is 12.3 Å².